The number of aromatic nitrogens is 6. The fraction of sp³-hybridized carbons (Fsp3) is 0.429. The SMILES string of the molecule is CC(C)c1nnc(NC(=O)CCn2cnc3c(cnn3C)c2=O)s1. The molecule has 3 heterocycles. The van der Waals surface area contributed by atoms with E-state index in [-0.39, 0.29) is 30.3 Å². The number of amides is 1. The number of fused-ring (bicyclic) bond motifs is 1. The lowest BCUT2D eigenvalue weighted by molar-refractivity contribution is -0.116. The van der Waals surface area contributed by atoms with Crippen LogP contribution in [-0.2, 0) is 18.4 Å². The van der Waals surface area contributed by atoms with Crippen LogP contribution in [0.15, 0.2) is 17.3 Å². The lowest BCUT2D eigenvalue weighted by Crippen LogP contribution is -2.23. The minimum Gasteiger partial charge on any atom is -0.300 e. The molecule has 0 saturated carbocycles. The average molecular weight is 347 g/mol. The summed E-state index contributed by atoms with van der Waals surface area (Å²) < 4.78 is 2.94. The standard InChI is InChI=1S/C14H17N7O2S/c1-8(2)12-18-19-14(24-12)17-10(22)4-5-21-7-15-11-9(13(21)23)6-16-20(11)3/h6-8H,4-5H2,1-3H3,(H,17,19,22). The van der Waals surface area contributed by atoms with Crippen molar-refractivity contribution >= 4 is 33.4 Å². The third-order valence-corrected chi connectivity index (χ3v) is 4.62. The Bertz CT molecular complexity index is 940. The van der Waals surface area contributed by atoms with E-state index in [9.17, 15) is 9.59 Å². The summed E-state index contributed by atoms with van der Waals surface area (Å²) in [4.78, 5) is 28.5. The minimum atomic E-state index is -0.223. The normalized spacial score (nSPS) is 11.3. The summed E-state index contributed by atoms with van der Waals surface area (Å²) in [6.45, 7) is 4.26. The highest BCUT2D eigenvalue weighted by Crippen LogP contribution is 2.22. The molecule has 24 heavy (non-hydrogen) atoms. The van der Waals surface area contributed by atoms with E-state index in [1.54, 1.807) is 7.05 Å². The van der Waals surface area contributed by atoms with Crippen LogP contribution in [0.25, 0.3) is 11.0 Å². The summed E-state index contributed by atoms with van der Waals surface area (Å²) in [7, 11) is 1.72. The lowest BCUT2D eigenvalue weighted by Gasteiger charge is -2.05. The molecule has 0 saturated heterocycles. The molecular formula is C14H17N7O2S. The molecular weight excluding hydrogens is 330 g/mol. The Kier molecular flexibility index (Phi) is 4.38. The maximum Gasteiger partial charge on any atom is 0.264 e. The van der Waals surface area contributed by atoms with Gasteiger partial charge in [0.05, 0.1) is 12.5 Å². The van der Waals surface area contributed by atoms with Crippen LogP contribution in [0, 0.1) is 0 Å². The molecule has 0 spiro atoms. The molecule has 1 N–H and O–H groups in total. The summed E-state index contributed by atoms with van der Waals surface area (Å²) in [5, 5.41) is 16.4. The van der Waals surface area contributed by atoms with Crippen molar-refractivity contribution in [2.75, 3.05) is 5.32 Å². The summed E-state index contributed by atoms with van der Waals surface area (Å²) in [5.41, 5.74) is 0.315. The molecule has 3 rings (SSSR count). The van der Waals surface area contributed by atoms with Gasteiger partial charge in [0, 0.05) is 25.9 Å². The van der Waals surface area contributed by atoms with E-state index in [2.05, 4.69) is 25.6 Å². The molecule has 0 atom stereocenters. The molecule has 0 bridgehead atoms. The third kappa shape index (κ3) is 3.18. The number of hydrogen-bond donors (Lipinski definition) is 1. The zero-order valence-electron chi connectivity index (χ0n) is 13.6. The minimum absolute atomic E-state index is 0.143. The van der Waals surface area contributed by atoms with Crippen molar-refractivity contribution in [2.45, 2.75) is 32.7 Å². The summed E-state index contributed by atoms with van der Waals surface area (Å²) in [5.74, 6) is 0.0450. The van der Waals surface area contributed by atoms with Gasteiger partial charge in [-0.15, -0.1) is 10.2 Å². The predicted molar refractivity (Wildman–Crippen MR) is 90.0 cm³/mol. The van der Waals surface area contributed by atoms with Gasteiger partial charge in [0.1, 0.15) is 10.4 Å². The van der Waals surface area contributed by atoms with Gasteiger partial charge in [0.2, 0.25) is 11.0 Å². The van der Waals surface area contributed by atoms with Gasteiger partial charge in [-0.1, -0.05) is 25.2 Å². The van der Waals surface area contributed by atoms with Crippen molar-refractivity contribution in [1.29, 1.82) is 0 Å². The van der Waals surface area contributed by atoms with E-state index in [0.717, 1.165) is 5.01 Å². The van der Waals surface area contributed by atoms with Gasteiger partial charge in [-0.2, -0.15) is 5.10 Å². The molecule has 0 aliphatic heterocycles. The number of hydrogen-bond acceptors (Lipinski definition) is 7. The van der Waals surface area contributed by atoms with E-state index >= 15 is 0 Å². The Morgan fingerprint density at radius 3 is 2.88 bits per heavy atom. The average Bonchev–Trinajstić information content (AvgIpc) is 3.14. The number of aryl methyl sites for hydroxylation is 2. The highest BCUT2D eigenvalue weighted by atomic mass is 32.1. The first-order chi connectivity index (χ1) is 11.5. The third-order valence-electron chi connectivity index (χ3n) is 3.48. The Labute approximate surface area is 141 Å². The maximum absolute atomic E-state index is 12.3. The van der Waals surface area contributed by atoms with E-state index in [1.165, 1.54) is 33.1 Å². The lowest BCUT2D eigenvalue weighted by atomic mass is 10.2. The van der Waals surface area contributed by atoms with Crippen molar-refractivity contribution < 1.29 is 4.79 Å². The molecule has 0 unspecified atom stereocenters. The van der Waals surface area contributed by atoms with Gasteiger partial charge in [-0.3, -0.25) is 18.8 Å². The topological polar surface area (TPSA) is 108 Å². The quantitative estimate of drug-likeness (QED) is 0.741. The first-order valence-corrected chi connectivity index (χ1v) is 8.27. The molecule has 3 aromatic heterocycles. The second kappa shape index (κ2) is 6.48. The van der Waals surface area contributed by atoms with E-state index in [4.69, 9.17) is 0 Å². The van der Waals surface area contributed by atoms with Crippen molar-refractivity contribution in [2.24, 2.45) is 7.05 Å². The van der Waals surface area contributed by atoms with Crippen LogP contribution in [0.1, 0.15) is 31.2 Å². The summed E-state index contributed by atoms with van der Waals surface area (Å²) in [6.07, 6.45) is 3.06. The largest absolute Gasteiger partial charge is 0.300 e. The fourth-order valence-electron chi connectivity index (χ4n) is 2.15. The molecule has 126 valence electrons. The Hall–Kier alpha value is -2.62. The molecule has 0 aliphatic rings. The highest BCUT2D eigenvalue weighted by Gasteiger charge is 2.12. The molecule has 10 heteroatoms. The first-order valence-electron chi connectivity index (χ1n) is 7.46. The summed E-state index contributed by atoms with van der Waals surface area (Å²) >= 11 is 1.35. The second-order valence-electron chi connectivity index (χ2n) is 5.65. The highest BCUT2D eigenvalue weighted by molar-refractivity contribution is 7.15. The van der Waals surface area contributed by atoms with Crippen molar-refractivity contribution in [3.05, 3.63) is 27.9 Å². The van der Waals surface area contributed by atoms with Crippen LogP contribution in [0.2, 0.25) is 0 Å². The summed E-state index contributed by atoms with van der Waals surface area (Å²) in [6, 6.07) is 0. The molecule has 0 aliphatic carbocycles. The monoisotopic (exact) mass is 347 g/mol. The first kappa shape index (κ1) is 16.2. The second-order valence-corrected chi connectivity index (χ2v) is 6.66. The number of carbonyl (C=O) groups excluding carboxylic acids is 1. The Morgan fingerprint density at radius 2 is 2.17 bits per heavy atom. The Morgan fingerprint density at radius 1 is 1.38 bits per heavy atom. The van der Waals surface area contributed by atoms with E-state index < -0.39 is 0 Å². The number of rotatable bonds is 5. The predicted octanol–water partition coefficient (Wildman–Crippen LogP) is 1.13. The van der Waals surface area contributed by atoms with Gasteiger partial charge < -0.3 is 5.32 Å². The molecule has 0 fully saturated rings. The maximum atomic E-state index is 12.3. The van der Waals surface area contributed by atoms with Gasteiger partial charge in [0.15, 0.2) is 5.65 Å². The van der Waals surface area contributed by atoms with E-state index in [1.807, 2.05) is 13.8 Å². The van der Waals surface area contributed by atoms with E-state index in [0.29, 0.717) is 16.2 Å². The van der Waals surface area contributed by atoms with Crippen LogP contribution in [0.3, 0.4) is 0 Å². The molecule has 1 amide bonds. The van der Waals surface area contributed by atoms with Crippen molar-refractivity contribution in [1.82, 2.24) is 29.5 Å². The number of nitrogens with zero attached hydrogens (tertiary/aromatic N) is 6. The van der Waals surface area contributed by atoms with Crippen LogP contribution >= 0.6 is 11.3 Å². The van der Waals surface area contributed by atoms with Crippen molar-refractivity contribution in [3.63, 3.8) is 0 Å². The van der Waals surface area contributed by atoms with Crippen LogP contribution in [0.5, 0.6) is 0 Å². The fourth-order valence-corrected chi connectivity index (χ4v) is 2.91. The molecule has 0 aromatic carbocycles. The molecule has 9 nitrogen and oxygen atoms in total. The number of nitrogens with one attached hydrogen (secondary N) is 1. The van der Waals surface area contributed by atoms with Crippen molar-refractivity contribution in [3.8, 4) is 0 Å². The van der Waals surface area contributed by atoms with Gasteiger partial charge in [-0.25, -0.2) is 4.98 Å². The molecule has 3 aromatic rings. The smallest absolute Gasteiger partial charge is 0.264 e. The number of carbonyl (C=O) groups is 1. The molecule has 0 radical (unpaired) electrons. The van der Waals surface area contributed by atoms with Gasteiger partial charge >= 0.3 is 0 Å². The Balaban J connectivity index is 1.65. The zero-order valence-corrected chi connectivity index (χ0v) is 14.4. The van der Waals surface area contributed by atoms with Gasteiger partial charge in [-0.05, 0) is 0 Å². The zero-order chi connectivity index (χ0) is 17.3. The van der Waals surface area contributed by atoms with Crippen LogP contribution < -0.4 is 10.9 Å². The van der Waals surface area contributed by atoms with Crippen LogP contribution in [0.4, 0.5) is 5.13 Å². The van der Waals surface area contributed by atoms with Crippen LogP contribution in [-0.4, -0.2) is 35.4 Å². The number of anilines is 1. The van der Waals surface area contributed by atoms with Gasteiger partial charge in [0.25, 0.3) is 5.56 Å².